The molecule has 0 spiro atoms. The minimum Gasteiger partial charge on any atom is -0.383 e. The van der Waals surface area contributed by atoms with Gasteiger partial charge in [-0.25, -0.2) is 15.0 Å². The standard InChI is InChI=1S/C26H27N9O3/c1-13(36)22-23(16-7-17-4-5-18(8-16)34(17)26(38)20-11-28-12-30-20)33-25-19(10-31-35(25)24(22)27)15-3-6-21(29-9-15)32-14(2)37/h3,6,9-10,12,16-18H,4-5,7-8,11,27H2,1-2H3,(H,29,32,37)/t16?,17-,18+. The second-order valence-corrected chi connectivity index (χ2v) is 10.0. The van der Waals surface area contributed by atoms with Crippen LogP contribution in [0.5, 0.6) is 0 Å². The molecule has 0 aliphatic carbocycles. The molecule has 0 radical (unpaired) electrons. The number of rotatable bonds is 5. The summed E-state index contributed by atoms with van der Waals surface area (Å²) in [6.45, 7) is 3.24. The quantitative estimate of drug-likeness (QED) is 0.495. The van der Waals surface area contributed by atoms with Gasteiger partial charge in [-0.05, 0) is 44.7 Å². The van der Waals surface area contributed by atoms with Crippen LogP contribution in [-0.2, 0) is 9.59 Å². The number of aromatic nitrogens is 4. The van der Waals surface area contributed by atoms with Gasteiger partial charge in [-0.1, -0.05) is 0 Å². The Kier molecular flexibility index (Phi) is 5.73. The van der Waals surface area contributed by atoms with E-state index in [4.69, 9.17) is 10.7 Å². The molecule has 1 unspecified atom stereocenters. The molecular weight excluding hydrogens is 486 g/mol. The third-order valence-electron chi connectivity index (χ3n) is 7.58. The molecule has 3 atom stereocenters. The molecule has 3 aliphatic heterocycles. The van der Waals surface area contributed by atoms with Crippen LogP contribution < -0.4 is 11.1 Å². The SMILES string of the molecule is CC(=O)Nc1ccc(-c2cnn3c(N)c(C(C)=O)c(C4C[C@H]5CC[C@@H](C4)N5C(=O)C4=NC=NC4)nc23)cn1. The number of piperidine rings is 1. The van der Waals surface area contributed by atoms with Crippen molar-refractivity contribution >= 4 is 46.9 Å². The normalized spacial score (nSPS) is 22.1. The van der Waals surface area contributed by atoms with Crippen LogP contribution in [0.4, 0.5) is 11.6 Å². The van der Waals surface area contributed by atoms with Crippen LogP contribution in [0.25, 0.3) is 16.8 Å². The van der Waals surface area contributed by atoms with Gasteiger partial charge in [0.05, 0.1) is 24.0 Å². The van der Waals surface area contributed by atoms with Crippen LogP contribution in [0.1, 0.15) is 61.5 Å². The number of pyridine rings is 1. The number of ketones is 1. The van der Waals surface area contributed by atoms with Gasteiger partial charge in [0, 0.05) is 42.2 Å². The number of nitrogens with one attached hydrogen (secondary N) is 1. The zero-order valence-electron chi connectivity index (χ0n) is 21.1. The number of fused-ring (bicyclic) bond motifs is 3. The lowest BCUT2D eigenvalue weighted by Gasteiger charge is -2.39. The van der Waals surface area contributed by atoms with Crippen LogP contribution >= 0.6 is 0 Å². The van der Waals surface area contributed by atoms with E-state index in [1.807, 2.05) is 11.0 Å². The summed E-state index contributed by atoms with van der Waals surface area (Å²) in [6.07, 6.45) is 7.91. The van der Waals surface area contributed by atoms with Gasteiger partial charge < -0.3 is 16.0 Å². The molecule has 3 aromatic heterocycles. The van der Waals surface area contributed by atoms with Gasteiger partial charge in [-0.3, -0.25) is 19.4 Å². The van der Waals surface area contributed by atoms with E-state index in [0.717, 1.165) is 18.4 Å². The van der Waals surface area contributed by atoms with Crippen molar-refractivity contribution in [3.63, 3.8) is 0 Å². The number of nitrogens with two attached hydrogens (primary N) is 1. The van der Waals surface area contributed by atoms with E-state index in [9.17, 15) is 14.4 Å². The molecule has 12 nitrogen and oxygen atoms in total. The van der Waals surface area contributed by atoms with Crippen molar-refractivity contribution in [3.8, 4) is 11.1 Å². The topological polar surface area (TPSA) is 160 Å². The van der Waals surface area contributed by atoms with E-state index >= 15 is 0 Å². The Bertz CT molecular complexity index is 1530. The number of anilines is 2. The average molecular weight is 514 g/mol. The van der Waals surface area contributed by atoms with Gasteiger partial charge in [0.25, 0.3) is 5.91 Å². The smallest absolute Gasteiger partial charge is 0.270 e. The predicted octanol–water partition coefficient (Wildman–Crippen LogP) is 2.25. The highest BCUT2D eigenvalue weighted by Crippen LogP contribution is 2.44. The largest absolute Gasteiger partial charge is 0.383 e. The summed E-state index contributed by atoms with van der Waals surface area (Å²) in [7, 11) is 0. The molecule has 6 heterocycles. The molecule has 0 saturated carbocycles. The van der Waals surface area contributed by atoms with Crippen LogP contribution in [0, 0.1) is 0 Å². The molecule has 0 aromatic carbocycles. The molecule has 3 aliphatic rings. The minimum absolute atomic E-state index is 0.0347. The first-order valence-electron chi connectivity index (χ1n) is 12.6. The number of nitrogens with zero attached hydrogens (tertiary/aromatic N) is 7. The number of hydrogen-bond donors (Lipinski definition) is 2. The van der Waals surface area contributed by atoms with Gasteiger partial charge in [0.15, 0.2) is 11.4 Å². The second-order valence-electron chi connectivity index (χ2n) is 10.0. The van der Waals surface area contributed by atoms with Crippen LogP contribution in [-0.4, -0.2) is 72.8 Å². The molecule has 38 heavy (non-hydrogen) atoms. The maximum Gasteiger partial charge on any atom is 0.270 e. The lowest BCUT2D eigenvalue weighted by Crippen LogP contribution is -2.49. The van der Waals surface area contributed by atoms with Crippen molar-refractivity contribution in [2.75, 3.05) is 17.6 Å². The Morgan fingerprint density at radius 2 is 1.84 bits per heavy atom. The number of amides is 2. The first-order valence-corrected chi connectivity index (χ1v) is 12.6. The lowest BCUT2D eigenvalue weighted by atomic mass is 9.85. The Morgan fingerprint density at radius 3 is 2.45 bits per heavy atom. The molecule has 2 bridgehead atoms. The van der Waals surface area contributed by atoms with Gasteiger partial charge in [0.2, 0.25) is 5.91 Å². The highest BCUT2D eigenvalue weighted by molar-refractivity contribution is 6.41. The van der Waals surface area contributed by atoms with E-state index in [-0.39, 0.29) is 41.4 Å². The predicted molar refractivity (Wildman–Crippen MR) is 141 cm³/mol. The highest BCUT2D eigenvalue weighted by atomic mass is 16.2. The summed E-state index contributed by atoms with van der Waals surface area (Å²) in [5, 5.41) is 7.07. The second kappa shape index (κ2) is 9.12. The van der Waals surface area contributed by atoms with Crippen molar-refractivity contribution < 1.29 is 14.4 Å². The number of nitrogen functional groups attached to an aromatic ring is 1. The Morgan fingerprint density at radius 1 is 1.08 bits per heavy atom. The van der Waals surface area contributed by atoms with E-state index in [0.29, 0.717) is 53.4 Å². The molecule has 2 amide bonds. The fourth-order valence-corrected chi connectivity index (χ4v) is 5.98. The highest BCUT2D eigenvalue weighted by Gasteiger charge is 2.46. The average Bonchev–Trinajstić information content (AvgIpc) is 3.62. The lowest BCUT2D eigenvalue weighted by molar-refractivity contribution is -0.128. The summed E-state index contributed by atoms with van der Waals surface area (Å²) in [4.78, 5) is 56.7. The first-order chi connectivity index (χ1) is 18.3. The number of carbonyl (C=O) groups excluding carboxylic acids is 3. The van der Waals surface area contributed by atoms with E-state index in [2.05, 4.69) is 25.4 Å². The van der Waals surface area contributed by atoms with Crippen LogP contribution in [0.2, 0.25) is 0 Å². The van der Waals surface area contributed by atoms with Gasteiger partial charge >= 0.3 is 0 Å². The van der Waals surface area contributed by atoms with Crippen molar-refractivity contribution in [2.24, 2.45) is 9.98 Å². The summed E-state index contributed by atoms with van der Waals surface area (Å²) in [5.74, 6) is 0.229. The maximum atomic E-state index is 13.1. The fraction of sp³-hybridized carbons (Fsp3) is 0.385. The molecular formula is C26H27N9O3. The zero-order chi connectivity index (χ0) is 26.6. The number of Topliss-reactive ketones (excluding diaryl/α,β-unsaturated/α-hetero) is 1. The Hall–Kier alpha value is -4.48. The Labute approximate surface area is 218 Å². The zero-order valence-corrected chi connectivity index (χ0v) is 21.1. The molecule has 2 fully saturated rings. The third kappa shape index (κ3) is 3.92. The van der Waals surface area contributed by atoms with Crippen molar-refractivity contribution in [3.05, 3.63) is 35.8 Å². The molecule has 2 saturated heterocycles. The molecule has 3 N–H and O–H groups in total. The number of carbonyl (C=O) groups is 3. The van der Waals surface area contributed by atoms with E-state index in [1.165, 1.54) is 24.7 Å². The summed E-state index contributed by atoms with van der Waals surface area (Å²) >= 11 is 0. The minimum atomic E-state index is -0.205. The van der Waals surface area contributed by atoms with Crippen molar-refractivity contribution in [2.45, 2.75) is 57.5 Å². The summed E-state index contributed by atoms with van der Waals surface area (Å²) in [5.41, 5.74) is 10.0. The third-order valence-corrected chi connectivity index (χ3v) is 7.58. The van der Waals surface area contributed by atoms with Gasteiger partial charge in [0.1, 0.15) is 23.7 Å². The van der Waals surface area contributed by atoms with E-state index in [1.54, 1.807) is 18.5 Å². The monoisotopic (exact) mass is 513 g/mol. The van der Waals surface area contributed by atoms with Crippen LogP contribution in [0.15, 0.2) is 34.5 Å². The van der Waals surface area contributed by atoms with Crippen LogP contribution in [0.3, 0.4) is 0 Å². The van der Waals surface area contributed by atoms with Crippen molar-refractivity contribution in [1.29, 1.82) is 0 Å². The first kappa shape index (κ1) is 23.9. The summed E-state index contributed by atoms with van der Waals surface area (Å²) in [6, 6.07) is 3.62. The number of hydrogen-bond acceptors (Lipinski definition) is 9. The van der Waals surface area contributed by atoms with Crippen molar-refractivity contribution in [1.82, 2.24) is 24.5 Å². The molecule has 3 aromatic rings. The number of aliphatic imine (C=N–C) groups is 2. The fourth-order valence-electron chi connectivity index (χ4n) is 5.98. The maximum absolute atomic E-state index is 13.1. The summed E-state index contributed by atoms with van der Waals surface area (Å²) < 4.78 is 1.49. The van der Waals surface area contributed by atoms with Gasteiger partial charge in [-0.2, -0.15) is 9.61 Å². The molecule has 12 heteroatoms. The molecule has 194 valence electrons. The van der Waals surface area contributed by atoms with E-state index < -0.39 is 0 Å². The molecule has 6 rings (SSSR count). The Balaban J connectivity index is 1.37. The van der Waals surface area contributed by atoms with Gasteiger partial charge in [-0.15, -0.1) is 0 Å².